The first-order chi connectivity index (χ1) is 22.7. The summed E-state index contributed by atoms with van der Waals surface area (Å²) in [4.78, 5) is 25.4. The summed E-state index contributed by atoms with van der Waals surface area (Å²) in [5, 5.41) is 33.2. The third kappa shape index (κ3) is 10.1. The monoisotopic (exact) mass is 664 g/mol. The van der Waals surface area contributed by atoms with Crippen molar-refractivity contribution in [3.8, 4) is 0 Å². The number of aliphatic hydroxyl groups excluding tert-OH is 1. The molecule has 0 bridgehead atoms. The van der Waals surface area contributed by atoms with Crippen molar-refractivity contribution in [2.24, 2.45) is 0 Å². The molecule has 5 rings (SSSR count). The number of ether oxygens (including phenoxy) is 2. The van der Waals surface area contributed by atoms with Crippen LogP contribution in [0.3, 0.4) is 0 Å². The lowest BCUT2D eigenvalue weighted by Gasteiger charge is -2.42. The molecule has 0 radical (unpaired) electrons. The highest BCUT2D eigenvalue weighted by atomic mass is 35.5. The Morgan fingerprint density at radius 2 is 1.49 bits per heavy atom. The van der Waals surface area contributed by atoms with E-state index in [1.807, 2.05) is 72.8 Å². The van der Waals surface area contributed by atoms with Gasteiger partial charge in [-0.15, -0.1) is 0 Å². The zero-order valence-corrected chi connectivity index (χ0v) is 27.4. The number of rotatable bonds is 14. The standard InChI is InChI=1S/C37H45ClN2O7/c38-30-15-13-29(14-16-30)37(45)19-21-40(22-20-37)24-32-23-33(27-9-7-26(25-41)8-10-27)47-36(46-32)28-11-17-31(18-12-28)39-34(42)5-3-1-2-4-6-35(43)44/h7-18,32-33,36,41,45H,1-6,19-25H2,(H,39,42)(H,43,44)/t32-,33+,36+/m0/s1. The van der Waals surface area contributed by atoms with Gasteiger partial charge in [0.1, 0.15) is 0 Å². The fourth-order valence-corrected chi connectivity index (χ4v) is 6.46. The van der Waals surface area contributed by atoms with E-state index in [4.69, 9.17) is 26.2 Å². The van der Waals surface area contributed by atoms with Gasteiger partial charge >= 0.3 is 5.97 Å². The number of piperidine rings is 1. The lowest BCUT2D eigenvalue weighted by atomic mass is 9.84. The number of nitrogens with zero attached hydrogens (tertiary/aromatic N) is 1. The number of amides is 1. The second-order valence-electron chi connectivity index (χ2n) is 12.7. The number of aliphatic carboxylic acids is 1. The number of anilines is 1. The smallest absolute Gasteiger partial charge is 0.303 e. The second kappa shape index (κ2) is 16.7. The summed E-state index contributed by atoms with van der Waals surface area (Å²) in [6.45, 7) is 2.15. The number of nitrogens with one attached hydrogen (secondary N) is 1. The summed E-state index contributed by atoms with van der Waals surface area (Å²) in [6.07, 6.45) is 4.47. The SMILES string of the molecule is O=C(O)CCCCCCC(=O)Nc1ccc([C@@H]2O[C@H](CN3CCC(O)(c4ccc(Cl)cc4)CC3)C[C@H](c3ccc(CO)cc3)O2)cc1. The van der Waals surface area contributed by atoms with E-state index in [2.05, 4.69) is 10.2 Å². The third-order valence-electron chi connectivity index (χ3n) is 9.15. The number of halogens is 1. The zero-order chi connectivity index (χ0) is 33.2. The Bertz CT molecular complexity index is 1440. The minimum atomic E-state index is -0.879. The molecule has 0 aromatic heterocycles. The molecule has 0 spiro atoms. The maximum absolute atomic E-state index is 12.5. The molecule has 1 amide bonds. The summed E-state index contributed by atoms with van der Waals surface area (Å²) in [5.74, 6) is -0.860. The van der Waals surface area contributed by atoms with Crippen LogP contribution in [0.5, 0.6) is 0 Å². The topological polar surface area (TPSA) is 129 Å². The Morgan fingerprint density at radius 1 is 0.851 bits per heavy atom. The summed E-state index contributed by atoms with van der Waals surface area (Å²) in [6, 6.07) is 22.8. The molecule has 0 aliphatic carbocycles. The van der Waals surface area contributed by atoms with Crippen molar-refractivity contribution in [2.45, 2.75) is 88.5 Å². The van der Waals surface area contributed by atoms with Crippen LogP contribution in [0.2, 0.25) is 5.02 Å². The molecule has 9 nitrogen and oxygen atoms in total. The Balaban J connectivity index is 1.19. The summed E-state index contributed by atoms with van der Waals surface area (Å²) < 4.78 is 13.0. The van der Waals surface area contributed by atoms with Crippen LogP contribution >= 0.6 is 11.6 Å². The molecule has 2 heterocycles. The minimum absolute atomic E-state index is 0.0207. The molecule has 2 saturated heterocycles. The Labute approximate surface area is 281 Å². The Kier molecular flexibility index (Phi) is 12.4. The van der Waals surface area contributed by atoms with E-state index in [9.17, 15) is 19.8 Å². The van der Waals surface area contributed by atoms with Crippen LogP contribution in [0.1, 0.15) is 92.4 Å². The van der Waals surface area contributed by atoms with Crippen LogP contribution in [0.15, 0.2) is 72.8 Å². The number of hydrogen-bond donors (Lipinski definition) is 4. The van der Waals surface area contributed by atoms with Gasteiger partial charge in [0.15, 0.2) is 6.29 Å². The van der Waals surface area contributed by atoms with Crippen LogP contribution in [-0.4, -0.2) is 57.8 Å². The first-order valence-corrected chi connectivity index (χ1v) is 16.9. The zero-order valence-electron chi connectivity index (χ0n) is 26.7. The largest absolute Gasteiger partial charge is 0.481 e. The van der Waals surface area contributed by atoms with E-state index < -0.39 is 17.9 Å². The molecule has 2 aliphatic rings. The van der Waals surface area contributed by atoms with Crippen molar-refractivity contribution >= 4 is 29.2 Å². The van der Waals surface area contributed by atoms with Crippen LogP contribution in [-0.2, 0) is 31.3 Å². The van der Waals surface area contributed by atoms with Crippen molar-refractivity contribution < 1.29 is 34.4 Å². The molecule has 0 unspecified atom stereocenters. The van der Waals surface area contributed by atoms with Gasteiger partial charge in [0, 0.05) is 55.2 Å². The number of carboxylic acids is 1. The van der Waals surface area contributed by atoms with Crippen LogP contribution in [0.4, 0.5) is 5.69 Å². The number of carboxylic acid groups (broad SMARTS) is 1. The van der Waals surface area contributed by atoms with E-state index in [0.717, 1.165) is 48.2 Å². The van der Waals surface area contributed by atoms with Crippen molar-refractivity contribution in [3.05, 3.63) is 100 Å². The van der Waals surface area contributed by atoms with Crippen LogP contribution < -0.4 is 5.32 Å². The number of aliphatic hydroxyl groups is 2. The van der Waals surface area contributed by atoms with Gasteiger partial charge in [-0.1, -0.05) is 73.0 Å². The minimum Gasteiger partial charge on any atom is -0.481 e. The van der Waals surface area contributed by atoms with Gasteiger partial charge in [-0.2, -0.15) is 0 Å². The van der Waals surface area contributed by atoms with Gasteiger partial charge in [-0.3, -0.25) is 9.59 Å². The van der Waals surface area contributed by atoms with Crippen LogP contribution in [0.25, 0.3) is 0 Å². The number of carbonyl (C=O) groups excluding carboxylic acids is 1. The highest BCUT2D eigenvalue weighted by Gasteiger charge is 2.37. The maximum atomic E-state index is 12.5. The fraction of sp³-hybridized carbons (Fsp3) is 0.459. The summed E-state index contributed by atoms with van der Waals surface area (Å²) in [5.41, 5.74) is 3.40. The molecule has 0 saturated carbocycles. The average molecular weight is 665 g/mol. The number of benzene rings is 3. The summed E-state index contributed by atoms with van der Waals surface area (Å²) in [7, 11) is 0. The predicted molar refractivity (Wildman–Crippen MR) is 180 cm³/mol. The van der Waals surface area contributed by atoms with Crippen LogP contribution in [0, 0.1) is 0 Å². The van der Waals surface area contributed by atoms with Crippen molar-refractivity contribution in [1.29, 1.82) is 0 Å². The molecular weight excluding hydrogens is 620 g/mol. The second-order valence-corrected chi connectivity index (χ2v) is 13.1. The molecule has 3 aromatic rings. The van der Waals surface area contributed by atoms with Gasteiger partial charge in [-0.25, -0.2) is 0 Å². The van der Waals surface area contributed by atoms with E-state index in [1.165, 1.54) is 0 Å². The Morgan fingerprint density at radius 3 is 2.13 bits per heavy atom. The fourth-order valence-electron chi connectivity index (χ4n) is 6.34. The number of likely N-dealkylation sites (tertiary alicyclic amines) is 1. The molecule has 10 heteroatoms. The predicted octanol–water partition coefficient (Wildman–Crippen LogP) is 6.73. The van der Waals surface area contributed by atoms with Crippen molar-refractivity contribution in [1.82, 2.24) is 4.90 Å². The van der Waals surface area contributed by atoms with E-state index in [-0.39, 0.29) is 31.1 Å². The van der Waals surface area contributed by atoms with Gasteiger partial charge in [-0.05, 0) is 66.6 Å². The molecule has 2 fully saturated rings. The normalized spacial score (nSPS) is 21.3. The van der Waals surface area contributed by atoms with Gasteiger partial charge in [0.2, 0.25) is 5.91 Å². The van der Waals surface area contributed by atoms with Crippen molar-refractivity contribution in [3.63, 3.8) is 0 Å². The van der Waals surface area contributed by atoms with E-state index >= 15 is 0 Å². The number of hydrogen-bond acceptors (Lipinski definition) is 7. The maximum Gasteiger partial charge on any atom is 0.303 e. The molecule has 4 N–H and O–H groups in total. The quantitative estimate of drug-likeness (QED) is 0.140. The highest BCUT2D eigenvalue weighted by Crippen LogP contribution is 2.39. The third-order valence-corrected chi connectivity index (χ3v) is 9.40. The first kappa shape index (κ1) is 35.0. The molecule has 2 aliphatic heterocycles. The molecular formula is C37H45ClN2O7. The molecule has 3 aromatic carbocycles. The first-order valence-electron chi connectivity index (χ1n) is 16.5. The summed E-state index contributed by atoms with van der Waals surface area (Å²) >= 11 is 6.06. The van der Waals surface area contributed by atoms with E-state index in [1.54, 1.807) is 0 Å². The van der Waals surface area contributed by atoms with E-state index in [0.29, 0.717) is 55.8 Å². The van der Waals surface area contributed by atoms with Gasteiger partial charge in [0.25, 0.3) is 0 Å². The highest BCUT2D eigenvalue weighted by molar-refractivity contribution is 6.30. The number of unbranched alkanes of at least 4 members (excludes halogenated alkanes) is 3. The van der Waals surface area contributed by atoms with Gasteiger partial charge < -0.3 is 35.0 Å². The van der Waals surface area contributed by atoms with Gasteiger partial charge in [0.05, 0.1) is 24.4 Å². The number of carbonyl (C=O) groups is 2. The van der Waals surface area contributed by atoms with Crippen molar-refractivity contribution in [2.75, 3.05) is 25.0 Å². The Hall–Kier alpha value is -3.31. The molecule has 3 atom stereocenters. The average Bonchev–Trinajstić information content (AvgIpc) is 3.08. The molecule has 252 valence electrons. The lowest BCUT2D eigenvalue weighted by Crippen LogP contribution is -2.46. The molecule has 47 heavy (non-hydrogen) atoms. The lowest BCUT2D eigenvalue weighted by molar-refractivity contribution is -0.253.